The summed E-state index contributed by atoms with van der Waals surface area (Å²) in [7, 11) is 1.28. The predicted octanol–water partition coefficient (Wildman–Crippen LogP) is 2.62. The molecule has 7 nitrogen and oxygen atoms in total. The van der Waals surface area contributed by atoms with Gasteiger partial charge >= 0.3 is 5.97 Å². The number of ether oxygens (including phenoxy) is 1. The van der Waals surface area contributed by atoms with E-state index in [1.807, 2.05) is 0 Å². The first-order valence-corrected chi connectivity index (χ1v) is 8.77. The second kappa shape index (κ2) is 8.23. The molecule has 0 aliphatic carbocycles. The van der Waals surface area contributed by atoms with Crippen molar-refractivity contribution in [2.45, 2.75) is 38.1 Å². The minimum Gasteiger partial charge on any atom is -0.502 e. The summed E-state index contributed by atoms with van der Waals surface area (Å²) in [5.74, 6) is -0.806. The maximum absolute atomic E-state index is 12.3. The molecule has 1 N–H and O–H groups in total. The number of methoxy groups -OCH3 is 1. The highest BCUT2D eigenvalue weighted by Crippen LogP contribution is 2.33. The van der Waals surface area contributed by atoms with Crippen molar-refractivity contribution in [3.8, 4) is 5.75 Å². The van der Waals surface area contributed by atoms with E-state index in [9.17, 15) is 14.7 Å². The van der Waals surface area contributed by atoms with Gasteiger partial charge in [0, 0.05) is 6.07 Å². The van der Waals surface area contributed by atoms with Gasteiger partial charge in [0.05, 0.1) is 32.3 Å². The van der Waals surface area contributed by atoms with Gasteiger partial charge in [0.15, 0.2) is 5.76 Å². The number of carbonyl (C=O) groups is 1. The molecule has 1 saturated heterocycles. The summed E-state index contributed by atoms with van der Waals surface area (Å²) in [5.41, 5.74) is -0.528. The highest BCUT2D eigenvalue weighted by atomic mass is 16.5. The van der Waals surface area contributed by atoms with E-state index in [-0.39, 0.29) is 12.2 Å². The zero-order valence-electron chi connectivity index (χ0n) is 14.8. The Bertz CT molecular complexity index is 789. The van der Waals surface area contributed by atoms with Crippen molar-refractivity contribution in [2.75, 3.05) is 20.2 Å². The third-order valence-electron chi connectivity index (χ3n) is 4.63. The van der Waals surface area contributed by atoms with E-state index in [0.29, 0.717) is 18.1 Å². The Morgan fingerprint density at radius 3 is 2.77 bits per heavy atom. The Kier molecular flexibility index (Phi) is 5.78. The fourth-order valence-electron chi connectivity index (χ4n) is 3.27. The van der Waals surface area contributed by atoms with Gasteiger partial charge in [-0.25, -0.2) is 0 Å². The second-order valence-electron chi connectivity index (χ2n) is 6.47. The molecule has 140 valence electrons. The van der Waals surface area contributed by atoms with E-state index in [4.69, 9.17) is 13.6 Å². The molecule has 2 aromatic rings. The van der Waals surface area contributed by atoms with Crippen LogP contribution in [0.4, 0.5) is 0 Å². The monoisotopic (exact) mass is 361 g/mol. The van der Waals surface area contributed by atoms with E-state index in [0.717, 1.165) is 25.9 Å². The summed E-state index contributed by atoms with van der Waals surface area (Å²) in [4.78, 5) is 26.3. The SMILES string of the molecule is COC(=O)CC(c1ccco1)c1oc(CN2CCCCC2)cc(=O)c1O. The highest BCUT2D eigenvalue weighted by molar-refractivity contribution is 5.71. The number of aromatic hydroxyl groups is 1. The normalized spacial score (nSPS) is 16.3. The van der Waals surface area contributed by atoms with Crippen molar-refractivity contribution in [1.29, 1.82) is 0 Å². The number of hydrogen-bond acceptors (Lipinski definition) is 7. The number of furan rings is 1. The lowest BCUT2D eigenvalue weighted by molar-refractivity contribution is -0.141. The molecule has 0 bridgehead atoms. The van der Waals surface area contributed by atoms with Crippen LogP contribution in [-0.2, 0) is 16.1 Å². The van der Waals surface area contributed by atoms with Gasteiger partial charge in [-0.05, 0) is 38.1 Å². The van der Waals surface area contributed by atoms with E-state index in [1.54, 1.807) is 12.1 Å². The van der Waals surface area contributed by atoms with Gasteiger partial charge in [0.1, 0.15) is 11.5 Å². The van der Waals surface area contributed by atoms with Gasteiger partial charge in [-0.3, -0.25) is 14.5 Å². The van der Waals surface area contributed by atoms with Crippen LogP contribution in [0.3, 0.4) is 0 Å². The van der Waals surface area contributed by atoms with Crippen LogP contribution in [0.5, 0.6) is 5.75 Å². The number of likely N-dealkylation sites (tertiary alicyclic amines) is 1. The third-order valence-corrected chi connectivity index (χ3v) is 4.63. The van der Waals surface area contributed by atoms with E-state index in [2.05, 4.69) is 4.90 Å². The van der Waals surface area contributed by atoms with Crippen LogP contribution < -0.4 is 5.43 Å². The molecule has 0 spiro atoms. The molecule has 0 amide bonds. The Balaban J connectivity index is 1.94. The Morgan fingerprint density at radius 1 is 1.35 bits per heavy atom. The Labute approximate surface area is 151 Å². The molecule has 26 heavy (non-hydrogen) atoms. The lowest BCUT2D eigenvalue weighted by Crippen LogP contribution is -2.29. The molecule has 1 unspecified atom stereocenters. The summed E-state index contributed by atoms with van der Waals surface area (Å²) in [6, 6.07) is 4.65. The lowest BCUT2D eigenvalue weighted by atomic mass is 9.98. The van der Waals surface area contributed by atoms with Crippen LogP contribution in [0.1, 0.15) is 48.9 Å². The molecule has 0 aromatic carbocycles. The Hall–Kier alpha value is -2.54. The first-order valence-electron chi connectivity index (χ1n) is 8.77. The van der Waals surface area contributed by atoms with Gasteiger partial charge in [-0.1, -0.05) is 6.42 Å². The van der Waals surface area contributed by atoms with Crippen molar-refractivity contribution in [2.24, 2.45) is 0 Å². The first-order chi connectivity index (χ1) is 12.6. The maximum atomic E-state index is 12.3. The fraction of sp³-hybridized carbons (Fsp3) is 0.474. The summed E-state index contributed by atoms with van der Waals surface area (Å²) in [5, 5.41) is 10.3. The molecular weight excluding hydrogens is 338 g/mol. The average molecular weight is 361 g/mol. The smallest absolute Gasteiger partial charge is 0.306 e. The number of hydrogen-bond donors (Lipinski definition) is 1. The van der Waals surface area contributed by atoms with Gasteiger partial charge < -0.3 is 18.7 Å². The molecule has 0 saturated carbocycles. The van der Waals surface area contributed by atoms with Crippen LogP contribution in [0.15, 0.2) is 38.1 Å². The molecule has 1 fully saturated rings. The molecule has 1 aliphatic heterocycles. The van der Waals surface area contributed by atoms with Gasteiger partial charge in [-0.15, -0.1) is 0 Å². The van der Waals surface area contributed by atoms with E-state index >= 15 is 0 Å². The van der Waals surface area contributed by atoms with Crippen LogP contribution >= 0.6 is 0 Å². The summed E-state index contributed by atoms with van der Waals surface area (Å²) >= 11 is 0. The molecule has 3 rings (SSSR count). The van der Waals surface area contributed by atoms with Gasteiger partial charge in [-0.2, -0.15) is 0 Å². The van der Waals surface area contributed by atoms with Crippen molar-refractivity contribution in [3.63, 3.8) is 0 Å². The molecule has 3 heterocycles. The number of nitrogens with zero attached hydrogens (tertiary/aromatic N) is 1. The average Bonchev–Trinajstić information content (AvgIpc) is 3.18. The number of esters is 1. The van der Waals surface area contributed by atoms with Crippen molar-refractivity contribution < 1.29 is 23.5 Å². The standard InChI is InChI=1S/C19H23NO6/c1-24-17(22)11-14(16-6-5-9-25-16)19-18(23)15(21)10-13(26-19)12-20-7-3-2-4-8-20/h5-6,9-10,14,23H,2-4,7-8,11-12H2,1H3. The van der Waals surface area contributed by atoms with Gasteiger partial charge in [0.2, 0.25) is 11.2 Å². The number of piperidine rings is 1. The fourth-order valence-corrected chi connectivity index (χ4v) is 3.27. The number of carbonyl (C=O) groups excluding carboxylic acids is 1. The molecule has 1 atom stereocenters. The van der Waals surface area contributed by atoms with Crippen molar-refractivity contribution in [1.82, 2.24) is 4.90 Å². The van der Waals surface area contributed by atoms with Crippen LogP contribution in [0.2, 0.25) is 0 Å². The maximum Gasteiger partial charge on any atom is 0.306 e. The van der Waals surface area contributed by atoms with E-state index < -0.39 is 23.1 Å². The zero-order chi connectivity index (χ0) is 18.5. The first kappa shape index (κ1) is 18.3. The molecule has 7 heteroatoms. The minimum atomic E-state index is -0.730. The molecule has 2 aromatic heterocycles. The largest absolute Gasteiger partial charge is 0.502 e. The van der Waals surface area contributed by atoms with Crippen LogP contribution in [0, 0.1) is 0 Å². The van der Waals surface area contributed by atoms with Gasteiger partial charge in [0.25, 0.3) is 0 Å². The third kappa shape index (κ3) is 4.16. The van der Waals surface area contributed by atoms with Crippen LogP contribution in [-0.4, -0.2) is 36.2 Å². The van der Waals surface area contributed by atoms with Crippen molar-refractivity contribution in [3.05, 3.63) is 52.0 Å². The summed E-state index contributed by atoms with van der Waals surface area (Å²) in [6.07, 6.45) is 4.81. The minimum absolute atomic E-state index is 0.0323. The van der Waals surface area contributed by atoms with E-state index in [1.165, 1.54) is 25.9 Å². The highest BCUT2D eigenvalue weighted by Gasteiger charge is 2.28. The van der Waals surface area contributed by atoms with Crippen LogP contribution in [0.25, 0.3) is 0 Å². The summed E-state index contributed by atoms with van der Waals surface area (Å²) < 4.78 is 16.0. The zero-order valence-corrected chi connectivity index (χ0v) is 14.8. The number of rotatable bonds is 6. The molecule has 1 aliphatic rings. The quantitative estimate of drug-likeness (QED) is 0.791. The Morgan fingerprint density at radius 2 is 2.12 bits per heavy atom. The molecular formula is C19H23NO6. The predicted molar refractivity (Wildman–Crippen MR) is 93.0 cm³/mol. The van der Waals surface area contributed by atoms with Crippen molar-refractivity contribution >= 4 is 5.97 Å². The molecule has 0 radical (unpaired) electrons. The second-order valence-corrected chi connectivity index (χ2v) is 6.47. The summed E-state index contributed by atoms with van der Waals surface area (Å²) in [6.45, 7) is 2.39. The topological polar surface area (TPSA) is 93.1 Å². The lowest BCUT2D eigenvalue weighted by Gasteiger charge is -2.26.